The quantitative estimate of drug-likeness (QED) is 0.550. The van der Waals surface area contributed by atoms with E-state index >= 15 is 0 Å². The number of rotatable bonds is 5. The third kappa shape index (κ3) is 3.57. The van der Waals surface area contributed by atoms with Gasteiger partial charge >= 0.3 is 5.97 Å². The van der Waals surface area contributed by atoms with Crippen LogP contribution in [-0.4, -0.2) is 17.7 Å². The highest BCUT2D eigenvalue weighted by Gasteiger charge is 2.09. The Balaban J connectivity index is 1.56. The van der Waals surface area contributed by atoms with E-state index in [0.717, 1.165) is 18.4 Å². The Labute approximate surface area is 141 Å². The highest BCUT2D eigenvalue weighted by Crippen LogP contribution is 2.20. The maximum absolute atomic E-state index is 12.0. The molecule has 0 aliphatic heterocycles. The monoisotopic (exact) mass is 320 g/mol. The molecule has 0 bridgehead atoms. The SMILES string of the molecule is Cc1ccc(C(=O)OCCCc2cccc3ccccc23)cc1O. The van der Waals surface area contributed by atoms with Gasteiger partial charge in [-0.25, -0.2) is 4.79 Å². The molecule has 3 heteroatoms. The summed E-state index contributed by atoms with van der Waals surface area (Å²) in [7, 11) is 0. The number of phenolic OH excluding ortho intramolecular Hbond substituents is 1. The van der Waals surface area contributed by atoms with Crippen LogP contribution in [0, 0.1) is 6.92 Å². The first-order valence-corrected chi connectivity index (χ1v) is 8.08. The van der Waals surface area contributed by atoms with Crippen molar-refractivity contribution in [2.45, 2.75) is 19.8 Å². The van der Waals surface area contributed by atoms with Gasteiger partial charge in [-0.2, -0.15) is 0 Å². The van der Waals surface area contributed by atoms with Gasteiger partial charge in [-0.15, -0.1) is 0 Å². The molecule has 3 rings (SSSR count). The Hall–Kier alpha value is -2.81. The van der Waals surface area contributed by atoms with Crippen LogP contribution in [0.1, 0.15) is 27.9 Å². The molecule has 3 aromatic rings. The van der Waals surface area contributed by atoms with E-state index in [0.29, 0.717) is 12.2 Å². The van der Waals surface area contributed by atoms with Gasteiger partial charge in [0.15, 0.2) is 0 Å². The van der Waals surface area contributed by atoms with E-state index in [1.54, 1.807) is 19.1 Å². The lowest BCUT2D eigenvalue weighted by molar-refractivity contribution is 0.0500. The molecule has 0 saturated heterocycles. The molecule has 0 aromatic heterocycles. The molecule has 0 fully saturated rings. The van der Waals surface area contributed by atoms with Crippen LogP contribution in [0.25, 0.3) is 10.8 Å². The lowest BCUT2D eigenvalue weighted by Gasteiger charge is -2.08. The van der Waals surface area contributed by atoms with E-state index in [1.165, 1.54) is 22.4 Å². The van der Waals surface area contributed by atoms with E-state index in [1.807, 2.05) is 12.1 Å². The molecule has 3 nitrogen and oxygen atoms in total. The van der Waals surface area contributed by atoms with Gasteiger partial charge in [-0.1, -0.05) is 48.5 Å². The van der Waals surface area contributed by atoms with Crippen molar-refractivity contribution in [2.24, 2.45) is 0 Å². The smallest absolute Gasteiger partial charge is 0.338 e. The summed E-state index contributed by atoms with van der Waals surface area (Å²) in [6.45, 7) is 2.14. The molecule has 0 unspecified atom stereocenters. The van der Waals surface area contributed by atoms with Crippen LogP contribution in [0.5, 0.6) is 5.75 Å². The number of hydrogen-bond donors (Lipinski definition) is 1. The number of carbonyl (C=O) groups excluding carboxylic acids is 1. The predicted octanol–water partition coefficient (Wildman–Crippen LogP) is 4.64. The van der Waals surface area contributed by atoms with E-state index in [2.05, 4.69) is 30.3 Å². The third-order valence-electron chi connectivity index (χ3n) is 4.15. The van der Waals surface area contributed by atoms with Gasteiger partial charge in [0, 0.05) is 0 Å². The number of phenols is 1. The molecule has 0 radical (unpaired) electrons. The number of carbonyl (C=O) groups is 1. The zero-order chi connectivity index (χ0) is 16.9. The topological polar surface area (TPSA) is 46.5 Å². The molecule has 1 N–H and O–H groups in total. The second-order valence-corrected chi connectivity index (χ2v) is 5.88. The highest BCUT2D eigenvalue weighted by molar-refractivity contribution is 5.90. The number of benzene rings is 3. The molecular formula is C21H20O3. The first kappa shape index (κ1) is 16.1. The maximum atomic E-state index is 12.0. The first-order valence-electron chi connectivity index (χ1n) is 8.08. The van der Waals surface area contributed by atoms with Gasteiger partial charge in [-0.3, -0.25) is 0 Å². The fraction of sp³-hybridized carbons (Fsp3) is 0.190. The van der Waals surface area contributed by atoms with Crippen molar-refractivity contribution >= 4 is 16.7 Å². The minimum atomic E-state index is -0.400. The maximum Gasteiger partial charge on any atom is 0.338 e. The van der Waals surface area contributed by atoms with Crippen LogP contribution in [0.15, 0.2) is 60.7 Å². The van der Waals surface area contributed by atoms with Gasteiger partial charge < -0.3 is 9.84 Å². The van der Waals surface area contributed by atoms with Crippen molar-refractivity contribution < 1.29 is 14.6 Å². The molecular weight excluding hydrogens is 300 g/mol. The van der Waals surface area contributed by atoms with Gasteiger partial charge in [-0.05, 0) is 53.8 Å². The normalized spacial score (nSPS) is 10.7. The molecule has 24 heavy (non-hydrogen) atoms. The van der Waals surface area contributed by atoms with E-state index in [-0.39, 0.29) is 5.75 Å². The van der Waals surface area contributed by atoms with Crippen molar-refractivity contribution in [2.75, 3.05) is 6.61 Å². The van der Waals surface area contributed by atoms with Gasteiger partial charge in [0.1, 0.15) is 5.75 Å². The van der Waals surface area contributed by atoms with Gasteiger partial charge in [0.2, 0.25) is 0 Å². The Kier molecular flexibility index (Phi) is 4.80. The molecule has 0 spiro atoms. The van der Waals surface area contributed by atoms with Crippen molar-refractivity contribution in [1.82, 2.24) is 0 Å². The largest absolute Gasteiger partial charge is 0.508 e. The van der Waals surface area contributed by atoms with Crippen LogP contribution >= 0.6 is 0 Å². The number of aryl methyl sites for hydroxylation is 2. The summed E-state index contributed by atoms with van der Waals surface area (Å²) < 4.78 is 5.31. The highest BCUT2D eigenvalue weighted by atomic mass is 16.5. The van der Waals surface area contributed by atoms with Crippen molar-refractivity contribution in [3.05, 3.63) is 77.4 Å². The summed E-state index contributed by atoms with van der Waals surface area (Å²) in [6, 6.07) is 19.4. The molecule has 0 aliphatic rings. The summed E-state index contributed by atoms with van der Waals surface area (Å²) in [4.78, 5) is 12.0. The van der Waals surface area contributed by atoms with Crippen LogP contribution in [0.2, 0.25) is 0 Å². The Morgan fingerprint density at radius 2 is 1.83 bits per heavy atom. The molecule has 122 valence electrons. The Morgan fingerprint density at radius 3 is 2.67 bits per heavy atom. The van der Waals surface area contributed by atoms with Crippen molar-refractivity contribution in [3.63, 3.8) is 0 Å². The molecule has 0 atom stereocenters. The van der Waals surface area contributed by atoms with Gasteiger partial charge in [0.05, 0.1) is 12.2 Å². The molecule has 3 aromatic carbocycles. The van der Waals surface area contributed by atoms with E-state index < -0.39 is 5.97 Å². The van der Waals surface area contributed by atoms with Crippen LogP contribution in [-0.2, 0) is 11.2 Å². The lowest BCUT2D eigenvalue weighted by Crippen LogP contribution is -2.07. The van der Waals surface area contributed by atoms with Crippen LogP contribution in [0.4, 0.5) is 0 Å². The van der Waals surface area contributed by atoms with Crippen molar-refractivity contribution in [3.8, 4) is 5.75 Å². The first-order chi connectivity index (χ1) is 11.6. The molecule has 0 saturated carbocycles. The average Bonchev–Trinajstić information content (AvgIpc) is 2.61. The predicted molar refractivity (Wildman–Crippen MR) is 95.4 cm³/mol. The number of ether oxygens (including phenoxy) is 1. The number of fused-ring (bicyclic) bond motifs is 1. The lowest BCUT2D eigenvalue weighted by atomic mass is 10.0. The van der Waals surface area contributed by atoms with Crippen LogP contribution < -0.4 is 0 Å². The number of hydrogen-bond acceptors (Lipinski definition) is 3. The molecule has 0 heterocycles. The van der Waals surface area contributed by atoms with Crippen molar-refractivity contribution in [1.29, 1.82) is 0 Å². The fourth-order valence-electron chi connectivity index (χ4n) is 2.76. The van der Waals surface area contributed by atoms with Crippen LogP contribution in [0.3, 0.4) is 0 Å². The summed E-state index contributed by atoms with van der Waals surface area (Å²) in [6.07, 6.45) is 1.62. The summed E-state index contributed by atoms with van der Waals surface area (Å²) in [5, 5.41) is 12.1. The summed E-state index contributed by atoms with van der Waals surface area (Å²) >= 11 is 0. The van der Waals surface area contributed by atoms with E-state index in [9.17, 15) is 9.90 Å². The third-order valence-corrected chi connectivity index (χ3v) is 4.15. The second kappa shape index (κ2) is 7.18. The van der Waals surface area contributed by atoms with E-state index in [4.69, 9.17) is 4.74 Å². The minimum absolute atomic E-state index is 0.111. The Morgan fingerprint density at radius 1 is 1.04 bits per heavy atom. The zero-order valence-electron chi connectivity index (χ0n) is 13.7. The average molecular weight is 320 g/mol. The Bertz CT molecular complexity index is 863. The zero-order valence-corrected chi connectivity index (χ0v) is 13.7. The number of aromatic hydroxyl groups is 1. The molecule has 0 amide bonds. The van der Waals surface area contributed by atoms with Gasteiger partial charge in [0.25, 0.3) is 0 Å². The second-order valence-electron chi connectivity index (χ2n) is 5.88. The molecule has 0 aliphatic carbocycles. The summed E-state index contributed by atoms with van der Waals surface area (Å²) in [5.74, 6) is -0.288. The fourth-order valence-corrected chi connectivity index (χ4v) is 2.76. The summed E-state index contributed by atoms with van der Waals surface area (Å²) in [5.41, 5.74) is 2.38. The standard InChI is InChI=1S/C21H20O3/c1-15-11-12-18(14-20(15)22)21(23)24-13-5-9-17-8-4-7-16-6-2-3-10-19(16)17/h2-4,6-8,10-12,14,22H,5,9,13H2,1H3. The number of esters is 1. The minimum Gasteiger partial charge on any atom is -0.508 e.